The Labute approximate surface area is 72.7 Å². The minimum Gasteiger partial charge on any atom is -0.244 e. The lowest BCUT2D eigenvalue weighted by Crippen LogP contribution is -2.25. The van der Waals surface area contributed by atoms with Gasteiger partial charge in [-0.15, -0.1) is 0 Å². The molecule has 0 nitrogen and oxygen atoms in total. The first-order valence-electron chi connectivity index (χ1n) is 4.51. The van der Waals surface area contributed by atoms with Gasteiger partial charge in [-0.05, 0) is 38.7 Å². The highest BCUT2D eigenvalue weighted by Gasteiger charge is 2.29. The number of rotatable bonds is 0. The van der Waals surface area contributed by atoms with Crippen molar-refractivity contribution in [2.45, 2.75) is 51.4 Å². The Hall–Kier alpha value is -0.400. The van der Waals surface area contributed by atoms with Gasteiger partial charge in [-0.2, -0.15) is 0 Å². The fourth-order valence-electron chi connectivity index (χ4n) is 1.56. The topological polar surface area (TPSA) is 0 Å². The van der Waals surface area contributed by atoms with Crippen LogP contribution in [0.2, 0.25) is 0 Å². The Morgan fingerprint density at radius 3 is 2.92 bits per heavy atom. The molecule has 0 aromatic carbocycles. The Balaban J connectivity index is 2.67. The standard InChI is InChI=1S/C10H16F2/c1-8-5-3-4-6-10(2,12)7-9(8)11/h5,9H,3-4,6-7H2,1-2H3/b8-5-/t9?,10-/m0/s1. The maximum Gasteiger partial charge on any atom is 0.124 e. The molecule has 0 radical (unpaired) electrons. The molecule has 0 aliphatic heterocycles. The lowest BCUT2D eigenvalue weighted by atomic mass is 9.89. The normalized spacial score (nSPS) is 42.7. The summed E-state index contributed by atoms with van der Waals surface area (Å²) in [6.07, 6.45) is 2.95. The van der Waals surface area contributed by atoms with Gasteiger partial charge in [0.15, 0.2) is 0 Å². The van der Waals surface area contributed by atoms with Crippen LogP contribution < -0.4 is 0 Å². The smallest absolute Gasteiger partial charge is 0.124 e. The average molecular weight is 174 g/mol. The summed E-state index contributed by atoms with van der Waals surface area (Å²) in [5.41, 5.74) is -0.617. The molecule has 0 heterocycles. The van der Waals surface area contributed by atoms with Crippen LogP contribution in [-0.4, -0.2) is 11.8 Å². The minimum absolute atomic E-state index is 0.0231. The summed E-state index contributed by atoms with van der Waals surface area (Å²) in [4.78, 5) is 0. The molecule has 12 heavy (non-hydrogen) atoms. The largest absolute Gasteiger partial charge is 0.244 e. The van der Waals surface area contributed by atoms with Crippen molar-refractivity contribution < 1.29 is 8.78 Å². The van der Waals surface area contributed by atoms with Crippen molar-refractivity contribution in [2.24, 2.45) is 0 Å². The van der Waals surface area contributed by atoms with E-state index >= 15 is 0 Å². The molecule has 0 bridgehead atoms. The third-order valence-electron chi connectivity index (χ3n) is 2.47. The van der Waals surface area contributed by atoms with Gasteiger partial charge in [0.25, 0.3) is 0 Å². The van der Waals surface area contributed by atoms with E-state index in [0.717, 1.165) is 12.8 Å². The van der Waals surface area contributed by atoms with Gasteiger partial charge >= 0.3 is 0 Å². The molecule has 0 saturated heterocycles. The summed E-state index contributed by atoms with van der Waals surface area (Å²) in [7, 11) is 0. The van der Waals surface area contributed by atoms with Gasteiger partial charge in [-0.25, -0.2) is 8.78 Å². The second-order valence-corrected chi connectivity index (χ2v) is 3.93. The number of halogens is 2. The molecular formula is C10H16F2. The molecule has 1 aliphatic carbocycles. The van der Waals surface area contributed by atoms with E-state index in [1.54, 1.807) is 6.92 Å². The third-order valence-corrected chi connectivity index (χ3v) is 2.47. The second kappa shape index (κ2) is 3.55. The van der Waals surface area contributed by atoms with Crippen LogP contribution in [0.25, 0.3) is 0 Å². The minimum atomic E-state index is -1.31. The van der Waals surface area contributed by atoms with Crippen molar-refractivity contribution in [1.29, 1.82) is 0 Å². The van der Waals surface area contributed by atoms with Crippen LogP contribution in [0.3, 0.4) is 0 Å². The van der Waals surface area contributed by atoms with Gasteiger partial charge in [-0.1, -0.05) is 6.08 Å². The van der Waals surface area contributed by atoms with E-state index in [0.29, 0.717) is 12.0 Å². The molecule has 0 amide bonds. The summed E-state index contributed by atoms with van der Waals surface area (Å²) >= 11 is 0. The van der Waals surface area contributed by atoms with E-state index in [1.807, 2.05) is 6.08 Å². The van der Waals surface area contributed by atoms with Crippen molar-refractivity contribution in [2.75, 3.05) is 0 Å². The molecule has 2 heteroatoms. The van der Waals surface area contributed by atoms with Crippen LogP contribution in [0.4, 0.5) is 8.78 Å². The molecular weight excluding hydrogens is 158 g/mol. The third kappa shape index (κ3) is 2.58. The highest BCUT2D eigenvalue weighted by atomic mass is 19.2. The Morgan fingerprint density at radius 2 is 2.25 bits per heavy atom. The Morgan fingerprint density at radius 1 is 1.58 bits per heavy atom. The number of hydrogen-bond donors (Lipinski definition) is 0. The first-order chi connectivity index (χ1) is 5.51. The molecule has 70 valence electrons. The number of allylic oxidation sites excluding steroid dienone is 2. The fourth-order valence-corrected chi connectivity index (χ4v) is 1.56. The molecule has 0 aromatic rings. The Bertz CT molecular complexity index is 182. The SMILES string of the molecule is C/C1=C/CCC[C@](C)(F)CC1F. The molecule has 0 aromatic heterocycles. The van der Waals surface area contributed by atoms with Crippen LogP contribution in [0, 0.1) is 0 Å². The first-order valence-corrected chi connectivity index (χ1v) is 4.51. The highest BCUT2D eigenvalue weighted by molar-refractivity contribution is 5.07. The van der Waals surface area contributed by atoms with Crippen LogP contribution in [-0.2, 0) is 0 Å². The summed E-state index contributed by atoms with van der Waals surface area (Å²) in [6.45, 7) is 3.24. The van der Waals surface area contributed by atoms with E-state index in [2.05, 4.69) is 0 Å². The van der Waals surface area contributed by atoms with Crippen molar-refractivity contribution in [3.05, 3.63) is 11.6 Å². The number of hydrogen-bond acceptors (Lipinski definition) is 0. The highest BCUT2D eigenvalue weighted by Crippen LogP contribution is 2.30. The quantitative estimate of drug-likeness (QED) is 0.492. The fraction of sp³-hybridized carbons (Fsp3) is 0.800. The number of alkyl halides is 2. The van der Waals surface area contributed by atoms with Crippen molar-refractivity contribution in [3.8, 4) is 0 Å². The first kappa shape index (κ1) is 9.69. The zero-order valence-electron chi connectivity index (χ0n) is 7.74. The lowest BCUT2D eigenvalue weighted by molar-refractivity contribution is 0.121. The maximum atomic E-state index is 13.5. The maximum absolute atomic E-state index is 13.5. The van der Waals surface area contributed by atoms with Gasteiger partial charge in [0, 0.05) is 6.42 Å². The van der Waals surface area contributed by atoms with Crippen molar-refractivity contribution >= 4 is 0 Å². The predicted molar refractivity (Wildman–Crippen MR) is 46.6 cm³/mol. The Kier molecular flexibility index (Phi) is 2.86. The van der Waals surface area contributed by atoms with Crippen LogP contribution >= 0.6 is 0 Å². The van der Waals surface area contributed by atoms with Crippen molar-refractivity contribution in [3.63, 3.8) is 0 Å². The van der Waals surface area contributed by atoms with E-state index in [-0.39, 0.29) is 6.42 Å². The van der Waals surface area contributed by atoms with Gasteiger partial charge in [0.1, 0.15) is 11.8 Å². The summed E-state index contributed by atoms with van der Waals surface area (Å²) in [5.74, 6) is 0. The molecule has 0 spiro atoms. The van der Waals surface area contributed by atoms with E-state index in [1.165, 1.54) is 6.92 Å². The van der Waals surface area contributed by atoms with Gasteiger partial charge in [0.2, 0.25) is 0 Å². The predicted octanol–water partition coefficient (Wildman–Crippen LogP) is 3.57. The average Bonchev–Trinajstić information content (AvgIpc) is 1.95. The van der Waals surface area contributed by atoms with E-state index < -0.39 is 11.8 Å². The monoisotopic (exact) mass is 174 g/mol. The molecule has 2 atom stereocenters. The van der Waals surface area contributed by atoms with Crippen LogP contribution in [0.1, 0.15) is 39.5 Å². The molecule has 1 rings (SSSR count). The van der Waals surface area contributed by atoms with Crippen LogP contribution in [0.5, 0.6) is 0 Å². The molecule has 0 fully saturated rings. The zero-order valence-corrected chi connectivity index (χ0v) is 7.74. The summed E-state index contributed by atoms with van der Waals surface area (Å²) < 4.78 is 26.7. The lowest BCUT2D eigenvalue weighted by Gasteiger charge is -2.24. The summed E-state index contributed by atoms with van der Waals surface area (Å²) in [6, 6.07) is 0. The van der Waals surface area contributed by atoms with Gasteiger partial charge in [0.05, 0.1) is 0 Å². The van der Waals surface area contributed by atoms with Crippen LogP contribution in [0.15, 0.2) is 11.6 Å². The van der Waals surface area contributed by atoms with Gasteiger partial charge < -0.3 is 0 Å². The second-order valence-electron chi connectivity index (χ2n) is 3.93. The van der Waals surface area contributed by atoms with Gasteiger partial charge in [-0.3, -0.25) is 0 Å². The molecule has 0 N–H and O–H groups in total. The van der Waals surface area contributed by atoms with E-state index in [9.17, 15) is 8.78 Å². The van der Waals surface area contributed by atoms with Crippen molar-refractivity contribution in [1.82, 2.24) is 0 Å². The zero-order chi connectivity index (χ0) is 9.19. The molecule has 0 saturated carbocycles. The van der Waals surface area contributed by atoms with E-state index in [4.69, 9.17) is 0 Å². The molecule has 1 aliphatic rings. The molecule has 1 unspecified atom stereocenters. The summed E-state index contributed by atoms with van der Waals surface area (Å²) in [5, 5.41) is 0.